The molecule has 2 fully saturated rings. The van der Waals surface area contributed by atoms with Gasteiger partial charge in [0, 0.05) is 12.1 Å². The van der Waals surface area contributed by atoms with Crippen LogP contribution in [0.25, 0.3) is 0 Å². The molecule has 2 amide bonds. The number of nitrogens with one attached hydrogen (secondary N) is 1. The lowest BCUT2D eigenvalue weighted by Gasteiger charge is -2.41. The maximum atomic E-state index is 13.2. The molecule has 1 unspecified atom stereocenters. The Labute approximate surface area is 142 Å². The van der Waals surface area contributed by atoms with E-state index in [4.69, 9.17) is 4.74 Å². The predicted octanol–water partition coefficient (Wildman–Crippen LogP) is 2.49. The maximum absolute atomic E-state index is 13.2. The van der Waals surface area contributed by atoms with E-state index >= 15 is 0 Å². The number of ether oxygens (including phenoxy) is 1. The minimum atomic E-state index is -0.638. The van der Waals surface area contributed by atoms with Crippen molar-refractivity contribution in [1.29, 1.82) is 0 Å². The Kier molecular flexibility index (Phi) is 5.00. The molecule has 5 nitrogen and oxygen atoms in total. The minimum absolute atomic E-state index is 0.131. The fraction of sp³-hybridized carbons (Fsp3) is 0.474. The fourth-order valence-corrected chi connectivity index (χ4v) is 3.68. The van der Waals surface area contributed by atoms with Gasteiger partial charge in [-0.2, -0.15) is 0 Å². The van der Waals surface area contributed by atoms with Crippen molar-refractivity contribution in [1.82, 2.24) is 10.2 Å². The van der Waals surface area contributed by atoms with Gasteiger partial charge in [-0.15, -0.1) is 6.58 Å². The van der Waals surface area contributed by atoms with Crippen LogP contribution in [0.3, 0.4) is 0 Å². The molecule has 24 heavy (non-hydrogen) atoms. The quantitative estimate of drug-likeness (QED) is 0.864. The van der Waals surface area contributed by atoms with E-state index in [1.165, 1.54) is 0 Å². The van der Waals surface area contributed by atoms with Gasteiger partial charge in [0.1, 0.15) is 11.8 Å². The number of rotatable bonds is 4. The van der Waals surface area contributed by atoms with Gasteiger partial charge in [-0.05, 0) is 37.8 Å². The Morgan fingerprint density at radius 1 is 1.25 bits per heavy atom. The Balaban J connectivity index is 1.90. The number of hydrogen-bond acceptors (Lipinski definition) is 3. The van der Waals surface area contributed by atoms with Crippen LogP contribution < -0.4 is 5.32 Å². The van der Waals surface area contributed by atoms with E-state index in [2.05, 4.69) is 11.9 Å². The standard InChI is InChI=1S/C19H24N2O3/c1-2-13-20-17(22)16-14-24-19(11-7-4-8-12-19)21(16)18(23)15-9-5-3-6-10-15/h2-3,5-6,9-10,16H,1,4,7-8,11-14H2,(H,20,22). The van der Waals surface area contributed by atoms with Crippen LogP contribution in [0.15, 0.2) is 43.0 Å². The monoisotopic (exact) mass is 328 g/mol. The molecule has 0 aromatic heterocycles. The number of carbonyl (C=O) groups excluding carboxylic acids is 2. The molecule has 1 atom stereocenters. The van der Waals surface area contributed by atoms with Crippen LogP contribution in [0.1, 0.15) is 42.5 Å². The van der Waals surface area contributed by atoms with E-state index in [1.807, 2.05) is 18.2 Å². The molecule has 1 heterocycles. The first-order valence-electron chi connectivity index (χ1n) is 8.59. The molecule has 1 saturated carbocycles. The number of nitrogens with zero attached hydrogens (tertiary/aromatic N) is 1. The van der Waals surface area contributed by atoms with Crippen LogP contribution in [-0.4, -0.2) is 41.6 Å². The molecule has 128 valence electrons. The first-order valence-corrected chi connectivity index (χ1v) is 8.59. The second-order valence-electron chi connectivity index (χ2n) is 6.41. The SMILES string of the molecule is C=CCNC(=O)C1COC2(CCCCC2)N1C(=O)c1ccccc1. The first kappa shape index (κ1) is 16.7. The lowest BCUT2D eigenvalue weighted by atomic mass is 9.89. The zero-order valence-corrected chi connectivity index (χ0v) is 13.9. The zero-order chi connectivity index (χ0) is 17.0. The molecule has 1 spiro atoms. The zero-order valence-electron chi connectivity index (χ0n) is 13.9. The first-order chi connectivity index (χ1) is 11.7. The van der Waals surface area contributed by atoms with Gasteiger partial charge in [-0.1, -0.05) is 30.7 Å². The van der Waals surface area contributed by atoms with Crippen molar-refractivity contribution in [3.63, 3.8) is 0 Å². The number of benzene rings is 1. The van der Waals surface area contributed by atoms with Crippen molar-refractivity contribution in [3.05, 3.63) is 48.6 Å². The van der Waals surface area contributed by atoms with Crippen molar-refractivity contribution in [2.75, 3.05) is 13.2 Å². The van der Waals surface area contributed by atoms with Gasteiger partial charge in [-0.3, -0.25) is 14.5 Å². The summed E-state index contributed by atoms with van der Waals surface area (Å²) in [7, 11) is 0. The molecular formula is C19H24N2O3. The van der Waals surface area contributed by atoms with Crippen LogP contribution in [0.2, 0.25) is 0 Å². The van der Waals surface area contributed by atoms with Crippen molar-refractivity contribution < 1.29 is 14.3 Å². The van der Waals surface area contributed by atoms with Crippen LogP contribution in [0, 0.1) is 0 Å². The average molecular weight is 328 g/mol. The molecule has 1 aromatic carbocycles. The third-order valence-corrected chi connectivity index (χ3v) is 4.86. The van der Waals surface area contributed by atoms with Crippen LogP contribution in [-0.2, 0) is 9.53 Å². The molecular weight excluding hydrogens is 304 g/mol. The van der Waals surface area contributed by atoms with Crippen molar-refractivity contribution in [2.24, 2.45) is 0 Å². The normalized spacial score (nSPS) is 22.3. The molecule has 0 radical (unpaired) electrons. The third-order valence-electron chi connectivity index (χ3n) is 4.86. The average Bonchev–Trinajstić information content (AvgIpc) is 2.99. The van der Waals surface area contributed by atoms with Crippen LogP contribution in [0.5, 0.6) is 0 Å². The third kappa shape index (κ3) is 3.08. The molecule has 2 aliphatic rings. The smallest absolute Gasteiger partial charge is 0.256 e. The summed E-state index contributed by atoms with van der Waals surface area (Å²) in [4.78, 5) is 27.4. The summed E-state index contributed by atoms with van der Waals surface area (Å²) in [6.45, 7) is 4.25. The summed E-state index contributed by atoms with van der Waals surface area (Å²) >= 11 is 0. The summed E-state index contributed by atoms with van der Waals surface area (Å²) in [5.74, 6) is -0.310. The minimum Gasteiger partial charge on any atom is -0.353 e. The van der Waals surface area contributed by atoms with Gasteiger partial charge in [0.2, 0.25) is 5.91 Å². The molecule has 1 N–H and O–H groups in total. The summed E-state index contributed by atoms with van der Waals surface area (Å²) in [5.41, 5.74) is -0.0454. The van der Waals surface area contributed by atoms with E-state index in [0.717, 1.165) is 32.1 Å². The summed E-state index contributed by atoms with van der Waals surface area (Å²) in [5, 5.41) is 2.80. The van der Waals surface area contributed by atoms with E-state index in [1.54, 1.807) is 23.1 Å². The number of carbonyl (C=O) groups is 2. The molecule has 1 aromatic rings. The molecule has 1 aliphatic heterocycles. The predicted molar refractivity (Wildman–Crippen MR) is 91.4 cm³/mol. The van der Waals surface area contributed by atoms with Gasteiger partial charge in [0.15, 0.2) is 0 Å². The van der Waals surface area contributed by atoms with Crippen molar-refractivity contribution in [2.45, 2.75) is 43.9 Å². The van der Waals surface area contributed by atoms with Gasteiger partial charge in [0.05, 0.1) is 6.61 Å². The highest BCUT2D eigenvalue weighted by molar-refractivity contribution is 5.98. The lowest BCUT2D eigenvalue weighted by Crippen LogP contribution is -2.56. The van der Waals surface area contributed by atoms with Gasteiger partial charge in [-0.25, -0.2) is 0 Å². The Morgan fingerprint density at radius 3 is 2.62 bits per heavy atom. The topological polar surface area (TPSA) is 58.6 Å². The van der Waals surface area contributed by atoms with Crippen LogP contribution in [0.4, 0.5) is 0 Å². The maximum Gasteiger partial charge on any atom is 0.256 e. The molecule has 5 heteroatoms. The summed E-state index contributed by atoms with van der Waals surface area (Å²) < 4.78 is 6.07. The Bertz CT molecular complexity index is 608. The molecule has 1 saturated heterocycles. The van der Waals surface area contributed by atoms with E-state index in [9.17, 15) is 9.59 Å². The number of amides is 2. The van der Waals surface area contributed by atoms with E-state index in [0.29, 0.717) is 12.1 Å². The van der Waals surface area contributed by atoms with Gasteiger partial charge < -0.3 is 10.1 Å². The molecule has 1 aliphatic carbocycles. The Morgan fingerprint density at radius 2 is 1.96 bits per heavy atom. The van der Waals surface area contributed by atoms with Crippen molar-refractivity contribution in [3.8, 4) is 0 Å². The lowest BCUT2D eigenvalue weighted by molar-refractivity contribution is -0.127. The molecule has 3 rings (SSSR count). The second kappa shape index (κ2) is 7.18. The number of hydrogen-bond donors (Lipinski definition) is 1. The largest absolute Gasteiger partial charge is 0.353 e. The summed E-state index contributed by atoms with van der Waals surface area (Å²) in [6.07, 6.45) is 6.38. The van der Waals surface area contributed by atoms with Gasteiger partial charge >= 0.3 is 0 Å². The van der Waals surface area contributed by atoms with E-state index < -0.39 is 11.8 Å². The van der Waals surface area contributed by atoms with Crippen LogP contribution >= 0.6 is 0 Å². The summed E-state index contributed by atoms with van der Waals surface area (Å²) in [6, 6.07) is 8.54. The van der Waals surface area contributed by atoms with Crippen molar-refractivity contribution >= 4 is 11.8 Å². The fourth-order valence-electron chi connectivity index (χ4n) is 3.68. The highest BCUT2D eigenvalue weighted by Gasteiger charge is 2.52. The van der Waals surface area contributed by atoms with Gasteiger partial charge in [0.25, 0.3) is 5.91 Å². The Hall–Kier alpha value is -2.14. The second-order valence-corrected chi connectivity index (χ2v) is 6.41. The molecule has 0 bridgehead atoms. The highest BCUT2D eigenvalue weighted by Crippen LogP contribution is 2.41. The highest BCUT2D eigenvalue weighted by atomic mass is 16.5. The van der Waals surface area contributed by atoms with E-state index in [-0.39, 0.29) is 18.4 Å².